The summed E-state index contributed by atoms with van der Waals surface area (Å²) in [7, 11) is -3.35. The van der Waals surface area contributed by atoms with Gasteiger partial charge >= 0.3 is 0 Å². The van der Waals surface area contributed by atoms with Crippen LogP contribution < -0.4 is 5.32 Å². The zero-order valence-electron chi connectivity index (χ0n) is 8.26. The SMILES string of the molecule is O=S(=O)(c1ncccn1)[C@H]1CCCNC1. The normalized spacial score (nSPS) is 22.5. The predicted molar refractivity (Wildman–Crippen MR) is 55.1 cm³/mol. The van der Waals surface area contributed by atoms with Crippen molar-refractivity contribution in [2.45, 2.75) is 23.2 Å². The number of rotatable bonds is 2. The summed E-state index contributed by atoms with van der Waals surface area (Å²) in [5, 5.41) is 2.64. The molecule has 1 aliphatic rings. The van der Waals surface area contributed by atoms with Crippen LogP contribution in [0.3, 0.4) is 0 Å². The number of hydrogen-bond donors (Lipinski definition) is 1. The van der Waals surface area contributed by atoms with Gasteiger partial charge in [0.15, 0.2) is 0 Å². The van der Waals surface area contributed by atoms with Crippen LogP contribution >= 0.6 is 0 Å². The molecule has 0 saturated carbocycles. The zero-order chi connectivity index (χ0) is 10.7. The van der Waals surface area contributed by atoms with Gasteiger partial charge in [0.1, 0.15) is 0 Å². The molecule has 1 aromatic heterocycles. The molecule has 0 unspecified atom stereocenters. The molecule has 82 valence electrons. The van der Waals surface area contributed by atoms with Gasteiger partial charge in [-0.3, -0.25) is 0 Å². The Kier molecular flexibility index (Phi) is 2.97. The summed E-state index contributed by atoms with van der Waals surface area (Å²) < 4.78 is 24.0. The quantitative estimate of drug-likeness (QED) is 0.720. The van der Waals surface area contributed by atoms with Gasteiger partial charge in [0.25, 0.3) is 0 Å². The maximum Gasteiger partial charge on any atom is 0.247 e. The Labute approximate surface area is 88.9 Å². The Morgan fingerprint density at radius 2 is 2.07 bits per heavy atom. The lowest BCUT2D eigenvalue weighted by atomic mass is 10.2. The summed E-state index contributed by atoms with van der Waals surface area (Å²) >= 11 is 0. The van der Waals surface area contributed by atoms with Crippen molar-refractivity contribution < 1.29 is 8.42 Å². The number of piperidine rings is 1. The summed E-state index contributed by atoms with van der Waals surface area (Å²) in [6.07, 6.45) is 4.48. The van der Waals surface area contributed by atoms with Crippen LogP contribution in [0.25, 0.3) is 0 Å². The van der Waals surface area contributed by atoms with Crippen LogP contribution in [0.15, 0.2) is 23.6 Å². The molecule has 0 amide bonds. The number of nitrogens with zero attached hydrogens (tertiary/aromatic N) is 2. The van der Waals surface area contributed by atoms with E-state index in [1.54, 1.807) is 6.07 Å². The minimum atomic E-state index is -3.35. The fourth-order valence-electron chi connectivity index (χ4n) is 1.67. The molecule has 1 fully saturated rings. The number of hydrogen-bond acceptors (Lipinski definition) is 5. The number of aromatic nitrogens is 2. The molecule has 1 N–H and O–H groups in total. The Morgan fingerprint density at radius 1 is 1.33 bits per heavy atom. The molecule has 2 heterocycles. The molecular weight excluding hydrogens is 214 g/mol. The van der Waals surface area contributed by atoms with Gasteiger partial charge in [-0.2, -0.15) is 0 Å². The zero-order valence-corrected chi connectivity index (χ0v) is 9.07. The third kappa shape index (κ3) is 2.15. The summed E-state index contributed by atoms with van der Waals surface area (Å²) in [5.41, 5.74) is 0. The molecule has 1 atom stereocenters. The lowest BCUT2D eigenvalue weighted by molar-refractivity contribution is 0.493. The molecule has 0 aromatic carbocycles. The highest BCUT2D eigenvalue weighted by Gasteiger charge is 2.30. The van der Waals surface area contributed by atoms with Crippen LogP contribution in [-0.4, -0.2) is 36.7 Å². The van der Waals surface area contributed by atoms with Crippen molar-refractivity contribution in [3.05, 3.63) is 18.5 Å². The molecule has 0 bridgehead atoms. The molecule has 15 heavy (non-hydrogen) atoms. The second-order valence-corrected chi connectivity index (χ2v) is 5.67. The van der Waals surface area contributed by atoms with Gasteiger partial charge in [-0.15, -0.1) is 0 Å². The van der Waals surface area contributed by atoms with E-state index in [-0.39, 0.29) is 10.4 Å². The molecule has 1 aliphatic heterocycles. The van der Waals surface area contributed by atoms with Crippen LogP contribution in [-0.2, 0) is 9.84 Å². The van der Waals surface area contributed by atoms with Crippen LogP contribution in [0.1, 0.15) is 12.8 Å². The van der Waals surface area contributed by atoms with Crippen LogP contribution in [0.5, 0.6) is 0 Å². The van der Waals surface area contributed by atoms with E-state index in [9.17, 15) is 8.42 Å². The van der Waals surface area contributed by atoms with E-state index in [0.717, 1.165) is 13.0 Å². The first-order chi connectivity index (χ1) is 7.21. The van der Waals surface area contributed by atoms with Gasteiger partial charge in [-0.1, -0.05) is 0 Å². The second kappa shape index (κ2) is 4.24. The summed E-state index contributed by atoms with van der Waals surface area (Å²) in [4.78, 5) is 7.60. The summed E-state index contributed by atoms with van der Waals surface area (Å²) in [5.74, 6) is 0. The lowest BCUT2D eigenvalue weighted by Gasteiger charge is -2.21. The van der Waals surface area contributed by atoms with Crippen molar-refractivity contribution in [1.29, 1.82) is 0 Å². The minimum absolute atomic E-state index is 0.0568. The highest BCUT2D eigenvalue weighted by atomic mass is 32.2. The second-order valence-electron chi connectivity index (χ2n) is 3.54. The van der Waals surface area contributed by atoms with Crippen molar-refractivity contribution in [3.63, 3.8) is 0 Å². The third-order valence-corrected chi connectivity index (χ3v) is 4.49. The topological polar surface area (TPSA) is 72.0 Å². The molecule has 0 radical (unpaired) electrons. The Bertz CT molecular complexity index is 412. The van der Waals surface area contributed by atoms with Crippen LogP contribution in [0.2, 0.25) is 0 Å². The van der Waals surface area contributed by atoms with E-state index in [2.05, 4.69) is 15.3 Å². The van der Waals surface area contributed by atoms with Gasteiger partial charge in [0, 0.05) is 18.9 Å². The first kappa shape index (κ1) is 10.5. The van der Waals surface area contributed by atoms with E-state index in [1.807, 2.05) is 0 Å². The van der Waals surface area contributed by atoms with Crippen LogP contribution in [0, 0.1) is 0 Å². The monoisotopic (exact) mass is 227 g/mol. The third-order valence-electron chi connectivity index (χ3n) is 2.49. The Hall–Kier alpha value is -1.01. The number of sulfone groups is 1. The van der Waals surface area contributed by atoms with Gasteiger partial charge in [0.2, 0.25) is 15.0 Å². The predicted octanol–water partition coefficient (Wildman–Crippen LogP) is 0.00230. The van der Waals surface area contributed by atoms with Crippen molar-refractivity contribution >= 4 is 9.84 Å². The average Bonchev–Trinajstić information content (AvgIpc) is 2.31. The lowest BCUT2D eigenvalue weighted by Crippen LogP contribution is -2.39. The summed E-state index contributed by atoms with van der Waals surface area (Å²) in [6.45, 7) is 1.39. The highest BCUT2D eigenvalue weighted by Crippen LogP contribution is 2.17. The largest absolute Gasteiger partial charge is 0.315 e. The first-order valence-electron chi connectivity index (χ1n) is 4.93. The smallest absolute Gasteiger partial charge is 0.247 e. The van der Waals surface area contributed by atoms with Crippen molar-refractivity contribution in [3.8, 4) is 0 Å². The molecule has 0 spiro atoms. The van der Waals surface area contributed by atoms with Crippen molar-refractivity contribution in [2.75, 3.05) is 13.1 Å². The molecule has 1 saturated heterocycles. The minimum Gasteiger partial charge on any atom is -0.315 e. The van der Waals surface area contributed by atoms with Crippen LogP contribution in [0.4, 0.5) is 0 Å². The Morgan fingerprint density at radius 3 is 2.67 bits per heavy atom. The first-order valence-corrected chi connectivity index (χ1v) is 6.47. The molecule has 1 aromatic rings. The average molecular weight is 227 g/mol. The molecule has 5 nitrogen and oxygen atoms in total. The number of nitrogens with one attached hydrogen (secondary N) is 1. The molecule has 2 rings (SSSR count). The highest BCUT2D eigenvalue weighted by molar-refractivity contribution is 7.91. The van der Waals surface area contributed by atoms with E-state index in [4.69, 9.17) is 0 Å². The molecule has 0 aliphatic carbocycles. The van der Waals surface area contributed by atoms with Crippen molar-refractivity contribution in [1.82, 2.24) is 15.3 Å². The van der Waals surface area contributed by atoms with Gasteiger partial charge in [0.05, 0.1) is 5.25 Å². The molecular formula is C9H13N3O2S. The maximum atomic E-state index is 12.0. The fraction of sp³-hybridized carbons (Fsp3) is 0.556. The van der Waals surface area contributed by atoms with E-state index in [1.165, 1.54) is 12.4 Å². The van der Waals surface area contributed by atoms with Gasteiger partial charge < -0.3 is 5.32 Å². The fourth-order valence-corrected chi connectivity index (χ4v) is 3.19. The van der Waals surface area contributed by atoms with E-state index in [0.29, 0.717) is 13.0 Å². The van der Waals surface area contributed by atoms with Gasteiger partial charge in [-0.05, 0) is 25.5 Å². The van der Waals surface area contributed by atoms with E-state index < -0.39 is 9.84 Å². The van der Waals surface area contributed by atoms with Crippen molar-refractivity contribution in [2.24, 2.45) is 0 Å². The maximum absolute atomic E-state index is 12.0. The summed E-state index contributed by atoms with van der Waals surface area (Å²) in [6, 6.07) is 1.61. The van der Waals surface area contributed by atoms with E-state index >= 15 is 0 Å². The Balaban J connectivity index is 2.26. The standard InChI is InChI=1S/C9H13N3O2S/c13-15(14,8-3-1-4-10-7-8)9-11-5-2-6-12-9/h2,5-6,8,10H,1,3-4,7H2/t8-/m0/s1. The molecule has 6 heteroatoms. The van der Waals surface area contributed by atoms with Gasteiger partial charge in [-0.25, -0.2) is 18.4 Å².